The van der Waals surface area contributed by atoms with Crippen LogP contribution in [0.2, 0.25) is 0 Å². The molecule has 0 aromatic heterocycles. The van der Waals surface area contributed by atoms with Gasteiger partial charge in [-0.1, -0.05) is 30.4 Å². The highest BCUT2D eigenvalue weighted by atomic mass is 14.6. The van der Waals surface area contributed by atoms with Crippen LogP contribution in [0.5, 0.6) is 0 Å². The molecule has 1 heteroatoms. The van der Waals surface area contributed by atoms with Crippen LogP contribution in [0.25, 0.3) is 0 Å². The van der Waals surface area contributed by atoms with Crippen LogP contribution >= 0.6 is 0 Å². The molecular formula is C8H11N. The van der Waals surface area contributed by atoms with Gasteiger partial charge >= 0.3 is 0 Å². The third-order valence-corrected chi connectivity index (χ3v) is 1.49. The smallest absolute Gasteiger partial charge is 0.0325 e. The fourth-order valence-electron chi connectivity index (χ4n) is 0.877. The topological polar surface area (TPSA) is 26.0 Å². The van der Waals surface area contributed by atoms with Crippen molar-refractivity contribution in [1.29, 1.82) is 0 Å². The fourth-order valence-corrected chi connectivity index (χ4v) is 0.877. The minimum atomic E-state index is 0.132. The van der Waals surface area contributed by atoms with Crippen LogP contribution in [0, 0.1) is 5.92 Å². The maximum Gasteiger partial charge on any atom is 0.0325 e. The van der Waals surface area contributed by atoms with Crippen molar-refractivity contribution in [2.45, 2.75) is 6.04 Å². The first-order chi connectivity index (χ1) is 4.34. The van der Waals surface area contributed by atoms with Crippen LogP contribution in [0.1, 0.15) is 0 Å². The largest absolute Gasteiger partial charge is 0.324 e. The van der Waals surface area contributed by atoms with Crippen LogP contribution in [0.15, 0.2) is 37.0 Å². The van der Waals surface area contributed by atoms with Crippen molar-refractivity contribution in [1.82, 2.24) is 0 Å². The van der Waals surface area contributed by atoms with Gasteiger partial charge < -0.3 is 5.73 Å². The van der Waals surface area contributed by atoms with Crippen molar-refractivity contribution in [3.8, 4) is 0 Å². The van der Waals surface area contributed by atoms with Crippen molar-refractivity contribution in [2.24, 2.45) is 11.7 Å². The molecule has 2 N–H and O–H groups in total. The quantitative estimate of drug-likeness (QED) is 0.519. The van der Waals surface area contributed by atoms with Gasteiger partial charge in [-0.2, -0.15) is 0 Å². The SMILES string of the molecule is C=CC1C=CC=CC1N. The first kappa shape index (κ1) is 6.30. The molecule has 0 saturated heterocycles. The minimum absolute atomic E-state index is 0.132. The Balaban J connectivity index is 2.65. The maximum atomic E-state index is 5.68. The third kappa shape index (κ3) is 1.30. The van der Waals surface area contributed by atoms with Crippen molar-refractivity contribution in [2.75, 3.05) is 0 Å². The summed E-state index contributed by atoms with van der Waals surface area (Å²) in [7, 11) is 0. The van der Waals surface area contributed by atoms with E-state index in [1.54, 1.807) is 0 Å². The standard InChI is InChI=1S/C8H11N/c1-2-7-5-3-4-6-8(7)9/h2-8H,1,9H2. The second-order valence-corrected chi connectivity index (χ2v) is 2.16. The van der Waals surface area contributed by atoms with E-state index in [0.29, 0.717) is 5.92 Å². The number of rotatable bonds is 1. The molecule has 0 amide bonds. The van der Waals surface area contributed by atoms with E-state index in [4.69, 9.17) is 5.73 Å². The summed E-state index contributed by atoms with van der Waals surface area (Å²) >= 11 is 0. The summed E-state index contributed by atoms with van der Waals surface area (Å²) in [6.45, 7) is 3.67. The van der Waals surface area contributed by atoms with Gasteiger partial charge in [0.15, 0.2) is 0 Å². The summed E-state index contributed by atoms with van der Waals surface area (Å²) in [5.41, 5.74) is 5.68. The highest BCUT2D eigenvalue weighted by Crippen LogP contribution is 2.10. The van der Waals surface area contributed by atoms with Gasteiger partial charge in [-0.3, -0.25) is 0 Å². The molecule has 48 valence electrons. The Kier molecular flexibility index (Phi) is 1.85. The highest BCUT2D eigenvalue weighted by molar-refractivity contribution is 5.19. The Morgan fingerprint density at radius 1 is 1.33 bits per heavy atom. The molecule has 1 nitrogen and oxygen atoms in total. The van der Waals surface area contributed by atoms with Crippen LogP contribution < -0.4 is 5.73 Å². The molecular weight excluding hydrogens is 110 g/mol. The number of nitrogens with two attached hydrogens (primary N) is 1. The van der Waals surface area contributed by atoms with Crippen LogP contribution in [-0.2, 0) is 0 Å². The van der Waals surface area contributed by atoms with Gasteiger partial charge in [0.1, 0.15) is 0 Å². The second-order valence-electron chi connectivity index (χ2n) is 2.16. The lowest BCUT2D eigenvalue weighted by atomic mass is 9.96. The Hall–Kier alpha value is -0.820. The molecule has 0 saturated carbocycles. The zero-order chi connectivity index (χ0) is 6.69. The maximum absolute atomic E-state index is 5.68. The second kappa shape index (κ2) is 2.65. The van der Waals surface area contributed by atoms with Gasteiger partial charge in [0.2, 0.25) is 0 Å². The monoisotopic (exact) mass is 121 g/mol. The summed E-state index contributed by atoms with van der Waals surface area (Å²) < 4.78 is 0. The van der Waals surface area contributed by atoms with Crippen LogP contribution in [0.4, 0.5) is 0 Å². The van der Waals surface area contributed by atoms with E-state index in [9.17, 15) is 0 Å². The van der Waals surface area contributed by atoms with E-state index in [-0.39, 0.29) is 6.04 Å². The van der Waals surface area contributed by atoms with Crippen LogP contribution in [-0.4, -0.2) is 6.04 Å². The van der Waals surface area contributed by atoms with E-state index in [1.807, 2.05) is 24.3 Å². The summed E-state index contributed by atoms with van der Waals surface area (Å²) in [5, 5.41) is 0. The molecule has 2 unspecified atom stereocenters. The van der Waals surface area contributed by atoms with Gasteiger partial charge in [-0.15, -0.1) is 6.58 Å². The fraction of sp³-hybridized carbons (Fsp3) is 0.250. The summed E-state index contributed by atoms with van der Waals surface area (Å²) in [6.07, 6.45) is 9.86. The van der Waals surface area contributed by atoms with Crippen molar-refractivity contribution < 1.29 is 0 Å². The molecule has 1 aliphatic carbocycles. The Morgan fingerprint density at radius 3 is 2.44 bits per heavy atom. The van der Waals surface area contributed by atoms with Crippen molar-refractivity contribution in [3.63, 3.8) is 0 Å². The van der Waals surface area contributed by atoms with Gasteiger partial charge in [0, 0.05) is 12.0 Å². The van der Waals surface area contributed by atoms with Crippen LogP contribution in [0.3, 0.4) is 0 Å². The molecule has 9 heavy (non-hydrogen) atoms. The lowest BCUT2D eigenvalue weighted by Gasteiger charge is -2.15. The molecule has 0 bridgehead atoms. The van der Waals surface area contributed by atoms with Crippen molar-refractivity contribution in [3.05, 3.63) is 37.0 Å². The Bertz CT molecular complexity index is 156. The van der Waals surface area contributed by atoms with E-state index in [2.05, 4.69) is 12.7 Å². The molecule has 1 aliphatic rings. The molecule has 0 aromatic rings. The highest BCUT2D eigenvalue weighted by Gasteiger charge is 2.08. The molecule has 2 atom stereocenters. The first-order valence-electron chi connectivity index (χ1n) is 3.07. The van der Waals surface area contributed by atoms with Gasteiger partial charge in [-0.05, 0) is 0 Å². The van der Waals surface area contributed by atoms with Gasteiger partial charge in [-0.25, -0.2) is 0 Å². The summed E-state index contributed by atoms with van der Waals surface area (Å²) in [4.78, 5) is 0. The summed E-state index contributed by atoms with van der Waals surface area (Å²) in [5.74, 6) is 0.329. The minimum Gasteiger partial charge on any atom is -0.324 e. The number of hydrogen-bond donors (Lipinski definition) is 1. The average Bonchev–Trinajstić information content (AvgIpc) is 1.89. The summed E-state index contributed by atoms with van der Waals surface area (Å²) in [6, 6.07) is 0.132. The third-order valence-electron chi connectivity index (χ3n) is 1.49. The number of hydrogen-bond acceptors (Lipinski definition) is 1. The van der Waals surface area contributed by atoms with Gasteiger partial charge in [0.05, 0.1) is 0 Å². The van der Waals surface area contributed by atoms with E-state index < -0.39 is 0 Å². The first-order valence-corrected chi connectivity index (χ1v) is 3.07. The van der Waals surface area contributed by atoms with E-state index in [1.165, 1.54) is 0 Å². The zero-order valence-corrected chi connectivity index (χ0v) is 5.33. The lowest BCUT2D eigenvalue weighted by Crippen LogP contribution is -2.26. The van der Waals surface area contributed by atoms with Crippen molar-refractivity contribution >= 4 is 0 Å². The normalized spacial score (nSPS) is 32.6. The predicted octanol–water partition coefficient (Wildman–Crippen LogP) is 1.24. The predicted molar refractivity (Wildman–Crippen MR) is 39.9 cm³/mol. The van der Waals surface area contributed by atoms with E-state index in [0.717, 1.165) is 0 Å². The number of allylic oxidation sites excluding steroid dienone is 2. The van der Waals surface area contributed by atoms with Gasteiger partial charge in [0.25, 0.3) is 0 Å². The molecule has 0 spiro atoms. The molecule has 1 rings (SSSR count). The Labute approximate surface area is 55.6 Å². The molecule has 0 radical (unpaired) electrons. The lowest BCUT2D eigenvalue weighted by molar-refractivity contribution is 0.686. The Morgan fingerprint density at radius 2 is 2.00 bits per heavy atom. The average molecular weight is 121 g/mol. The van der Waals surface area contributed by atoms with E-state index >= 15 is 0 Å². The molecule has 0 fully saturated rings. The zero-order valence-electron chi connectivity index (χ0n) is 5.33. The molecule has 0 heterocycles. The molecule has 0 aromatic carbocycles. The molecule has 0 aliphatic heterocycles.